The van der Waals surface area contributed by atoms with Crippen molar-refractivity contribution in [2.75, 3.05) is 0 Å². The number of aldehydes is 1. The Morgan fingerprint density at radius 3 is 2.71 bits per heavy atom. The van der Waals surface area contributed by atoms with E-state index < -0.39 is 0 Å². The van der Waals surface area contributed by atoms with E-state index >= 15 is 0 Å². The first-order chi connectivity index (χ1) is 6.74. The van der Waals surface area contributed by atoms with Crippen molar-refractivity contribution in [2.24, 2.45) is 0 Å². The second kappa shape index (κ2) is 5.27. The molecule has 0 aliphatic rings. The van der Waals surface area contributed by atoms with Crippen LogP contribution in [0, 0.1) is 0 Å². The molecule has 0 unspecified atom stereocenters. The molecule has 0 atom stereocenters. The highest BCUT2D eigenvalue weighted by atomic mass is 16.3. The number of hydrogen-bond donors (Lipinski definition) is 2. The fourth-order valence-electron chi connectivity index (χ4n) is 1.32. The van der Waals surface area contributed by atoms with Gasteiger partial charge in [0.2, 0.25) is 0 Å². The van der Waals surface area contributed by atoms with Crippen LogP contribution in [0.15, 0.2) is 18.2 Å². The van der Waals surface area contributed by atoms with Gasteiger partial charge < -0.3 is 15.0 Å². The first-order valence-electron chi connectivity index (χ1n) is 4.68. The van der Waals surface area contributed by atoms with Gasteiger partial charge in [-0.25, -0.2) is 0 Å². The number of phenols is 2. The Hall–Kier alpha value is -1.51. The maximum Gasteiger partial charge on any atom is 0.119 e. The molecule has 0 amide bonds. The second-order valence-corrected chi connectivity index (χ2v) is 3.23. The van der Waals surface area contributed by atoms with Crippen molar-refractivity contribution < 1.29 is 15.0 Å². The van der Waals surface area contributed by atoms with Gasteiger partial charge in [-0.2, -0.15) is 0 Å². The molecule has 14 heavy (non-hydrogen) atoms. The minimum Gasteiger partial charge on any atom is -0.508 e. The zero-order valence-electron chi connectivity index (χ0n) is 7.94. The van der Waals surface area contributed by atoms with E-state index in [0.29, 0.717) is 12.8 Å². The number of carbonyl (C=O) groups excluding carboxylic acids is 1. The summed E-state index contributed by atoms with van der Waals surface area (Å²) in [6, 6.07) is 4.48. The standard InChI is InChI=1S/C11H14O3/c12-7-3-1-2-4-9-8-10(13)5-6-11(9)14/h5-8,13-14H,1-4H2. The largest absolute Gasteiger partial charge is 0.508 e. The van der Waals surface area contributed by atoms with Crippen LogP contribution in [0.1, 0.15) is 24.8 Å². The molecule has 3 heteroatoms. The first kappa shape index (κ1) is 10.6. The van der Waals surface area contributed by atoms with Crippen molar-refractivity contribution >= 4 is 6.29 Å². The molecule has 0 bridgehead atoms. The van der Waals surface area contributed by atoms with Crippen LogP contribution in [0.25, 0.3) is 0 Å². The summed E-state index contributed by atoms with van der Waals surface area (Å²) >= 11 is 0. The molecule has 0 aliphatic carbocycles. The lowest BCUT2D eigenvalue weighted by Gasteiger charge is -2.03. The minimum absolute atomic E-state index is 0.160. The average molecular weight is 194 g/mol. The quantitative estimate of drug-likeness (QED) is 0.428. The van der Waals surface area contributed by atoms with Crippen molar-refractivity contribution in [3.63, 3.8) is 0 Å². The Morgan fingerprint density at radius 2 is 2.00 bits per heavy atom. The molecular weight excluding hydrogens is 180 g/mol. The lowest BCUT2D eigenvalue weighted by Crippen LogP contribution is -1.87. The fraction of sp³-hybridized carbons (Fsp3) is 0.364. The van der Waals surface area contributed by atoms with Crippen molar-refractivity contribution in [3.8, 4) is 11.5 Å². The number of phenolic OH excluding ortho intramolecular Hbond substituents is 2. The first-order valence-corrected chi connectivity index (χ1v) is 4.68. The Bertz CT molecular complexity index is 307. The molecule has 76 valence electrons. The van der Waals surface area contributed by atoms with Gasteiger partial charge >= 0.3 is 0 Å². The Morgan fingerprint density at radius 1 is 1.21 bits per heavy atom. The predicted octanol–water partition coefficient (Wildman–Crippen LogP) is 2.01. The zero-order valence-corrected chi connectivity index (χ0v) is 7.94. The van der Waals surface area contributed by atoms with Crippen LogP contribution in [-0.4, -0.2) is 16.5 Å². The minimum atomic E-state index is 0.160. The van der Waals surface area contributed by atoms with E-state index in [-0.39, 0.29) is 11.5 Å². The van der Waals surface area contributed by atoms with Gasteiger partial charge in [0.15, 0.2) is 0 Å². The summed E-state index contributed by atoms with van der Waals surface area (Å²) in [6.07, 6.45) is 3.80. The SMILES string of the molecule is O=CCCCCc1cc(O)ccc1O. The van der Waals surface area contributed by atoms with Crippen LogP contribution >= 0.6 is 0 Å². The summed E-state index contributed by atoms with van der Waals surface area (Å²) in [6.45, 7) is 0. The van der Waals surface area contributed by atoms with Gasteiger partial charge in [0.05, 0.1) is 0 Å². The summed E-state index contributed by atoms with van der Waals surface area (Å²) < 4.78 is 0. The Labute approximate surface area is 83.0 Å². The number of rotatable bonds is 5. The van der Waals surface area contributed by atoms with Crippen LogP contribution < -0.4 is 0 Å². The number of aromatic hydroxyl groups is 2. The monoisotopic (exact) mass is 194 g/mol. The zero-order chi connectivity index (χ0) is 10.4. The Balaban J connectivity index is 2.49. The highest BCUT2D eigenvalue weighted by molar-refractivity contribution is 5.49. The molecule has 0 heterocycles. The van der Waals surface area contributed by atoms with E-state index in [0.717, 1.165) is 24.7 Å². The molecule has 0 spiro atoms. The summed E-state index contributed by atoms with van der Waals surface area (Å²) in [7, 11) is 0. The van der Waals surface area contributed by atoms with Crippen molar-refractivity contribution in [1.82, 2.24) is 0 Å². The number of carbonyl (C=O) groups is 1. The van der Waals surface area contributed by atoms with E-state index in [1.807, 2.05) is 0 Å². The lowest BCUT2D eigenvalue weighted by molar-refractivity contribution is -0.107. The Kier molecular flexibility index (Phi) is 3.98. The van der Waals surface area contributed by atoms with Gasteiger partial charge in [-0.05, 0) is 43.0 Å². The topological polar surface area (TPSA) is 57.5 Å². The van der Waals surface area contributed by atoms with E-state index in [4.69, 9.17) is 0 Å². The van der Waals surface area contributed by atoms with E-state index in [1.165, 1.54) is 12.1 Å². The summed E-state index contributed by atoms with van der Waals surface area (Å²) in [4.78, 5) is 10.0. The molecule has 0 saturated carbocycles. The molecule has 1 aromatic carbocycles. The van der Waals surface area contributed by atoms with Crippen molar-refractivity contribution in [1.29, 1.82) is 0 Å². The summed E-state index contributed by atoms with van der Waals surface area (Å²) in [5.41, 5.74) is 0.732. The number of benzene rings is 1. The normalized spacial score (nSPS) is 10.0. The van der Waals surface area contributed by atoms with Crippen LogP contribution in [0.5, 0.6) is 11.5 Å². The van der Waals surface area contributed by atoms with Gasteiger partial charge in [0.25, 0.3) is 0 Å². The van der Waals surface area contributed by atoms with Crippen molar-refractivity contribution in [3.05, 3.63) is 23.8 Å². The molecule has 3 nitrogen and oxygen atoms in total. The third kappa shape index (κ3) is 3.09. The van der Waals surface area contributed by atoms with E-state index in [9.17, 15) is 15.0 Å². The maximum atomic E-state index is 10.0. The van der Waals surface area contributed by atoms with Crippen LogP contribution in [0.2, 0.25) is 0 Å². The predicted molar refractivity (Wildman–Crippen MR) is 53.4 cm³/mol. The highest BCUT2D eigenvalue weighted by Gasteiger charge is 2.01. The van der Waals surface area contributed by atoms with Crippen LogP contribution in [0.3, 0.4) is 0 Å². The smallest absolute Gasteiger partial charge is 0.119 e. The molecule has 0 radical (unpaired) electrons. The molecule has 0 fully saturated rings. The number of hydrogen-bond acceptors (Lipinski definition) is 3. The van der Waals surface area contributed by atoms with Gasteiger partial charge in [0, 0.05) is 6.42 Å². The molecule has 0 aliphatic heterocycles. The molecule has 1 rings (SSSR count). The van der Waals surface area contributed by atoms with Gasteiger partial charge in [-0.3, -0.25) is 0 Å². The summed E-state index contributed by atoms with van der Waals surface area (Å²) in [5, 5.41) is 18.6. The summed E-state index contributed by atoms with van der Waals surface area (Å²) in [5.74, 6) is 0.363. The van der Waals surface area contributed by atoms with E-state index in [1.54, 1.807) is 6.07 Å². The van der Waals surface area contributed by atoms with Crippen LogP contribution in [0.4, 0.5) is 0 Å². The molecule has 1 aromatic rings. The van der Waals surface area contributed by atoms with Gasteiger partial charge in [-0.15, -0.1) is 0 Å². The van der Waals surface area contributed by atoms with Crippen molar-refractivity contribution in [2.45, 2.75) is 25.7 Å². The third-order valence-electron chi connectivity index (χ3n) is 2.08. The number of aryl methyl sites for hydroxylation is 1. The molecule has 2 N–H and O–H groups in total. The third-order valence-corrected chi connectivity index (χ3v) is 2.08. The lowest BCUT2D eigenvalue weighted by atomic mass is 10.1. The maximum absolute atomic E-state index is 10.0. The highest BCUT2D eigenvalue weighted by Crippen LogP contribution is 2.23. The average Bonchev–Trinajstić information content (AvgIpc) is 2.18. The second-order valence-electron chi connectivity index (χ2n) is 3.23. The molecule has 0 aromatic heterocycles. The van der Waals surface area contributed by atoms with Crippen LogP contribution in [-0.2, 0) is 11.2 Å². The van der Waals surface area contributed by atoms with Gasteiger partial charge in [-0.1, -0.05) is 0 Å². The molecular formula is C11H14O3. The number of unbranched alkanes of at least 4 members (excludes halogenated alkanes) is 2. The van der Waals surface area contributed by atoms with Gasteiger partial charge in [0.1, 0.15) is 17.8 Å². The molecule has 0 saturated heterocycles. The fourth-order valence-corrected chi connectivity index (χ4v) is 1.32. The van der Waals surface area contributed by atoms with E-state index in [2.05, 4.69) is 0 Å².